The Morgan fingerprint density at radius 3 is 1.55 bits per heavy atom. The largest absolute Gasteiger partial charge is 0.496 e. The third-order valence-corrected chi connectivity index (χ3v) is 7.44. The zero-order valence-electron chi connectivity index (χ0n) is 17.4. The fourth-order valence-electron chi connectivity index (χ4n) is 3.31. The van der Waals surface area contributed by atoms with Gasteiger partial charge in [0.05, 0.1) is 21.3 Å². The van der Waals surface area contributed by atoms with Crippen LogP contribution in [0.3, 0.4) is 0 Å². The highest BCUT2D eigenvalue weighted by atomic mass is 31.1. The summed E-state index contributed by atoms with van der Waals surface area (Å²) in [7, 11) is 3.35. The van der Waals surface area contributed by atoms with Crippen LogP contribution >= 0.6 is 7.92 Å². The zero-order chi connectivity index (χ0) is 21.0. The molecule has 4 nitrogen and oxygen atoms in total. The molecule has 0 amide bonds. The Morgan fingerprint density at radius 2 is 1.17 bits per heavy atom. The second-order valence-electron chi connectivity index (χ2n) is 6.62. The van der Waals surface area contributed by atoms with Crippen LogP contribution in [0.4, 0.5) is 0 Å². The molecule has 0 aromatic heterocycles. The van der Waals surface area contributed by atoms with Crippen molar-refractivity contribution in [2.75, 3.05) is 21.3 Å². The first-order valence-electron chi connectivity index (χ1n) is 9.27. The molecule has 0 bridgehead atoms. The molecule has 0 fully saturated rings. The van der Waals surface area contributed by atoms with Gasteiger partial charge in [-0.2, -0.15) is 0 Å². The van der Waals surface area contributed by atoms with Gasteiger partial charge in [-0.1, -0.05) is 48.5 Å². The van der Waals surface area contributed by atoms with E-state index in [-0.39, 0.29) is 5.52 Å². The first-order valence-corrected chi connectivity index (χ1v) is 10.6. The Kier molecular flexibility index (Phi) is 6.56. The van der Waals surface area contributed by atoms with Crippen molar-refractivity contribution in [2.24, 2.45) is 0 Å². The summed E-state index contributed by atoms with van der Waals surface area (Å²) in [5, 5.41) is 2.06. The molecule has 0 aliphatic heterocycles. The fraction of sp³-hybridized carbons (Fsp3) is 0.208. The van der Waals surface area contributed by atoms with E-state index < -0.39 is 7.92 Å². The summed E-state index contributed by atoms with van der Waals surface area (Å²) in [4.78, 5) is 14.0. The normalized spacial score (nSPS) is 10.7. The van der Waals surface area contributed by atoms with Gasteiger partial charge in [0.1, 0.15) is 22.8 Å². The number of ether oxygens (including phenoxy) is 3. The molecule has 0 heterocycles. The second kappa shape index (κ2) is 9.11. The van der Waals surface area contributed by atoms with E-state index in [0.717, 1.165) is 21.7 Å². The highest BCUT2D eigenvalue weighted by molar-refractivity contribution is 7.88. The van der Waals surface area contributed by atoms with Gasteiger partial charge in [-0.05, 0) is 35.6 Å². The lowest BCUT2D eigenvalue weighted by Gasteiger charge is -2.23. The van der Waals surface area contributed by atoms with E-state index in [2.05, 4.69) is 0 Å². The van der Waals surface area contributed by atoms with Crippen molar-refractivity contribution < 1.29 is 19.0 Å². The molecule has 0 radical (unpaired) electrons. The standard InChI is InChI=1S/C24H25O4P/c1-16-10-6-8-12-21(16)29(22-13-9-7-11-17(22)2)24(25)23-19(27-4)14-18(26-3)15-20(23)28-5/h6-15H,1-5H3. The summed E-state index contributed by atoms with van der Waals surface area (Å²) < 4.78 is 16.5. The molecule has 5 heteroatoms. The van der Waals surface area contributed by atoms with Crippen LogP contribution in [0.2, 0.25) is 0 Å². The molecule has 0 unspecified atom stereocenters. The van der Waals surface area contributed by atoms with E-state index in [4.69, 9.17) is 14.2 Å². The minimum Gasteiger partial charge on any atom is -0.496 e. The Balaban J connectivity index is 2.27. The molecular formula is C24H25O4P. The molecule has 0 aliphatic carbocycles. The topological polar surface area (TPSA) is 44.8 Å². The van der Waals surface area contributed by atoms with Crippen LogP contribution in [0.15, 0.2) is 60.7 Å². The monoisotopic (exact) mass is 408 g/mol. The maximum Gasteiger partial charge on any atom is 0.200 e. The zero-order valence-corrected chi connectivity index (χ0v) is 18.2. The number of benzene rings is 3. The number of methoxy groups -OCH3 is 3. The van der Waals surface area contributed by atoms with Crippen molar-refractivity contribution in [3.8, 4) is 17.2 Å². The van der Waals surface area contributed by atoms with Crippen molar-refractivity contribution in [3.05, 3.63) is 77.4 Å². The molecule has 3 aromatic rings. The molecule has 0 aliphatic rings. The average molecular weight is 408 g/mol. The van der Waals surface area contributed by atoms with Gasteiger partial charge in [-0.15, -0.1) is 0 Å². The Morgan fingerprint density at radius 1 is 0.724 bits per heavy atom. The Bertz CT molecular complexity index is 958. The summed E-state index contributed by atoms with van der Waals surface area (Å²) in [6.07, 6.45) is 0. The van der Waals surface area contributed by atoms with Crippen LogP contribution in [0.25, 0.3) is 0 Å². The second-order valence-corrected chi connectivity index (χ2v) is 8.66. The van der Waals surface area contributed by atoms with E-state index in [1.807, 2.05) is 62.4 Å². The third kappa shape index (κ3) is 4.13. The van der Waals surface area contributed by atoms with Gasteiger partial charge in [0.15, 0.2) is 0 Å². The smallest absolute Gasteiger partial charge is 0.200 e. The highest BCUT2D eigenvalue weighted by Gasteiger charge is 2.31. The first-order chi connectivity index (χ1) is 14.0. The van der Waals surface area contributed by atoms with Crippen molar-refractivity contribution in [1.82, 2.24) is 0 Å². The highest BCUT2D eigenvalue weighted by Crippen LogP contribution is 2.46. The lowest BCUT2D eigenvalue weighted by Crippen LogP contribution is -2.22. The minimum atomic E-state index is -1.33. The van der Waals surface area contributed by atoms with Crippen LogP contribution in [-0.2, 0) is 0 Å². The lowest BCUT2D eigenvalue weighted by atomic mass is 10.2. The number of aryl methyl sites for hydroxylation is 2. The van der Waals surface area contributed by atoms with E-state index in [1.54, 1.807) is 33.5 Å². The van der Waals surface area contributed by atoms with Crippen LogP contribution < -0.4 is 24.8 Å². The summed E-state index contributed by atoms with van der Waals surface area (Å²) >= 11 is 0. The third-order valence-electron chi connectivity index (χ3n) is 4.84. The summed E-state index contributed by atoms with van der Waals surface area (Å²) in [6.45, 7) is 4.08. The lowest BCUT2D eigenvalue weighted by molar-refractivity contribution is 0.107. The van der Waals surface area contributed by atoms with Gasteiger partial charge >= 0.3 is 0 Å². The van der Waals surface area contributed by atoms with Crippen molar-refractivity contribution in [2.45, 2.75) is 13.8 Å². The molecule has 0 saturated heterocycles. The maximum absolute atomic E-state index is 14.0. The molecule has 0 atom stereocenters. The molecule has 0 spiro atoms. The molecule has 3 aromatic carbocycles. The van der Waals surface area contributed by atoms with E-state index in [1.165, 1.54) is 0 Å². The number of rotatable bonds is 7. The predicted octanol–water partition coefficient (Wildman–Crippen LogP) is 4.60. The number of hydrogen-bond donors (Lipinski definition) is 0. The first kappa shape index (κ1) is 20.9. The van der Waals surface area contributed by atoms with Gasteiger partial charge in [0.25, 0.3) is 0 Å². The summed E-state index contributed by atoms with van der Waals surface area (Å²) in [5.74, 6) is 1.47. The van der Waals surface area contributed by atoms with Crippen molar-refractivity contribution in [3.63, 3.8) is 0 Å². The summed E-state index contributed by atoms with van der Waals surface area (Å²) in [6, 6.07) is 19.5. The molecule has 3 rings (SSSR count). The SMILES string of the molecule is COc1cc(OC)c(C(=O)P(c2ccccc2C)c2ccccc2C)c(OC)c1. The van der Waals surface area contributed by atoms with Crippen molar-refractivity contribution >= 4 is 24.1 Å². The van der Waals surface area contributed by atoms with Gasteiger partial charge in [-0.25, -0.2) is 0 Å². The Labute approximate surface area is 173 Å². The van der Waals surface area contributed by atoms with Gasteiger partial charge < -0.3 is 14.2 Å². The quantitative estimate of drug-likeness (QED) is 0.536. The number of carbonyl (C=O) groups is 1. The van der Waals surface area contributed by atoms with Crippen LogP contribution in [0.5, 0.6) is 17.2 Å². The van der Waals surface area contributed by atoms with E-state index >= 15 is 0 Å². The summed E-state index contributed by atoms with van der Waals surface area (Å²) in [5.41, 5.74) is 2.59. The maximum atomic E-state index is 14.0. The van der Waals surface area contributed by atoms with Crippen LogP contribution in [0.1, 0.15) is 21.5 Å². The van der Waals surface area contributed by atoms with Crippen LogP contribution in [0, 0.1) is 13.8 Å². The fourth-order valence-corrected chi connectivity index (χ4v) is 5.77. The predicted molar refractivity (Wildman–Crippen MR) is 119 cm³/mol. The molecule has 150 valence electrons. The Hall–Kier alpha value is -2.84. The van der Waals surface area contributed by atoms with Gasteiger partial charge in [0, 0.05) is 20.1 Å². The average Bonchev–Trinajstić information content (AvgIpc) is 2.75. The van der Waals surface area contributed by atoms with Gasteiger partial charge in [-0.3, -0.25) is 4.79 Å². The molecule has 0 saturated carbocycles. The minimum absolute atomic E-state index is 0.0139. The van der Waals surface area contributed by atoms with E-state index in [0.29, 0.717) is 22.8 Å². The number of hydrogen-bond acceptors (Lipinski definition) is 4. The molecular weight excluding hydrogens is 383 g/mol. The molecule has 0 N–H and O–H groups in total. The number of carbonyl (C=O) groups excluding carboxylic acids is 1. The van der Waals surface area contributed by atoms with Crippen LogP contribution in [-0.4, -0.2) is 26.9 Å². The van der Waals surface area contributed by atoms with Gasteiger partial charge in [0.2, 0.25) is 5.52 Å². The van der Waals surface area contributed by atoms with Crippen molar-refractivity contribution in [1.29, 1.82) is 0 Å². The molecule has 29 heavy (non-hydrogen) atoms. The van der Waals surface area contributed by atoms with E-state index in [9.17, 15) is 4.79 Å².